The van der Waals surface area contributed by atoms with E-state index in [0.717, 1.165) is 19.4 Å². The molecule has 0 aromatic heterocycles. The zero-order valence-electron chi connectivity index (χ0n) is 24.8. The molecule has 0 unspecified atom stereocenters. The quantitative estimate of drug-likeness (QED) is 0.148. The lowest BCUT2D eigenvalue weighted by atomic mass is 10.2. The summed E-state index contributed by atoms with van der Waals surface area (Å²) >= 11 is 0. The lowest BCUT2D eigenvalue weighted by molar-refractivity contribution is 0.290. The first kappa shape index (κ1) is 29.3. The number of hydrogen-bond acceptors (Lipinski definition) is 1. The van der Waals surface area contributed by atoms with Crippen LogP contribution in [0.25, 0.3) is 0 Å². The summed E-state index contributed by atoms with van der Waals surface area (Å²) in [7, 11) is -4.55. The van der Waals surface area contributed by atoms with Crippen LogP contribution in [-0.4, -0.2) is 23.0 Å². The van der Waals surface area contributed by atoms with Crippen molar-refractivity contribution < 1.29 is 4.43 Å². The number of rotatable bonds is 10. The SMILES string of the molecule is CC(C)(C)[Si](CCCCO[Si](c1ccccc1)(c1ccccc1)C(C)(C)C)(c1ccccc1)c1ccccc1. The van der Waals surface area contributed by atoms with Crippen LogP contribution in [0, 0.1) is 0 Å². The van der Waals surface area contributed by atoms with Crippen LogP contribution in [0.15, 0.2) is 121 Å². The Morgan fingerprint density at radius 3 is 1.15 bits per heavy atom. The maximum absolute atomic E-state index is 7.23. The second-order valence-corrected chi connectivity index (χ2v) is 22.1. The van der Waals surface area contributed by atoms with Crippen molar-refractivity contribution in [3.05, 3.63) is 121 Å². The molecule has 0 radical (unpaired) electrons. The predicted octanol–water partition coefficient (Wildman–Crippen LogP) is 7.41. The van der Waals surface area contributed by atoms with Crippen molar-refractivity contribution in [1.82, 2.24) is 0 Å². The van der Waals surface area contributed by atoms with E-state index in [1.165, 1.54) is 26.8 Å². The van der Waals surface area contributed by atoms with Crippen LogP contribution < -0.4 is 20.7 Å². The zero-order valence-corrected chi connectivity index (χ0v) is 26.8. The van der Waals surface area contributed by atoms with Crippen molar-refractivity contribution in [3.8, 4) is 0 Å². The summed E-state index contributed by atoms with van der Waals surface area (Å²) in [6.07, 6.45) is 2.22. The molecule has 0 N–H and O–H groups in total. The Balaban J connectivity index is 1.62. The molecule has 0 aliphatic rings. The molecule has 0 fully saturated rings. The van der Waals surface area contributed by atoms with E-state index in [1.807, 2.05) is 0 Å². The molecule has 0 saturated heterocycles. The van der Waals surface area contributed by atoms with Gasteiger partial charge in [-0.15, -0.1) is 0 Å². The van der Waals surface area contributed by atoms with Crippen LogP contribution >= 0.6 is 0 Å². The average Bonchev–Trinajstić information content (AvgIpc) is 2.93. The third-order valence-corrected chi connectivity index (χ3v) is 19.8. The van der Waals surface area contributed by atoms with Crippen LogP contribution in [-0.2, 0) is 4.43 Å². The minimum Gasteiger partial charge on any atom is -0.407 e. The molecule has 4 rings (SSSR count). The highest BCUT2D eigenvalue weighted by Crippen LogP contribution is 2.40. The van der Waals surface area contributed by atoms with Crippen molar-refractivity contribution in [1.29, 1.82) is 0 Å². The molecule has 204 valence electrons. The van der Waals surface area contributed by atoms with E-state index < -0.39 is 16.4 Å². The molecule has 0 heterocycles. The molecule has 0 spiro atoms. The molecule has 39 heavy (non-hydrogen) atoms. The molecule has 1 nitrogen and oxygen atoms in total. The maximum Gasteiger partial charge on any atom is 0.261 e. The van der Waals surface area contributed by atoms with Gasteiger partial charge in [-0.25, -0.2) is 0 Å². The smallest absolute Gasteiger partial charge is 0.261 e. The first-order chi connectivity index (χ1) is 18.6. The van der Waals surface area contributed by atoms with E-state index in [1.54, 1.807) is 0 Å². The highest BCUT2D eigenvalue weighted by molar-refractivity contribution is 7.04. The minimum absolute atomic E-state index is 0.00764. The van der Waals surface area contributed by atoms with E-state index in [-0.39, 0.29) is 10.1 Å². The summed E-state index contributed by atoms with van der Waals surface area (Å²) in [5.74, 6) is 0. The summed E-state index contributed by atoms with van der Waals surface area (Å²) < 4.78 is 7.23. The molecule has 4 aromatic rings. The molecular formula is C36H46OSi2. The summed E-state index contributed by atoms with van der Waals surface area (Å²) in [5, 5.41) is 5.99. The van der Waals surface area contributed by atoms with Crippen molar-refractivity contribution in [2.45, 2.75) is 70.5 Å². The van der Waals surface area contributed by atoms with Gasteiger partial charge >= 0.3 is 0 Å². The molecule has 0 aliphatic heterocycles. The van der Waals surface area contributed by atoms with Crippen molar-refractivity contribution in [2.24, 2.45) is 0 Å². The van der Waals surface area contributed by atoms with E-state index in [4.69, 9.17) is 4.43 Å². The zero-order chi connectivity index (χ0) is 28.0. The Bertz CT molecular complexity index is 1090. The van der Waals surface area contributed by atoms with Gasteiger partial charge in [0.15, 0.2) is 0 Å². The number of hydrogen-bond donors (Lipinski definition) is 0. The van der Waals surface area contributed by atoms with Gasteiger partial charge in [-0.3, -0.25) is 0 Å². The molecule has 0 amide bonds. The third-order valence-electron chi connectivity index (χ3n) is 8.50. The van der Waals surface area contributed by atoms with E-state index in [0.29, 0.717) is 0 Å². The van der Waals surface area contributed by atoms with Gasteiger partial charge in [0.2, 0.25) is 0 Å². The fraction of sp³-hybridized carbons (Fsp3) is 0.333. The van der Waals surface area contributed by atoms with Crippen LogP contribution in [0.1, 0.15) is 54.4 Å². The van der Waals surface area contributed by atoms with E-state index >= 15 is 0 Å². The van der Waals surface area contributed by atoms with Gasteiger partial charge in [0.1, 0.15) is 8.07 Å². The van der Waals surface area contributed by atoms with Crippen LogP contribution in [0.4, 0.5) is 0 Å². The van der Waals surface area contributed by atoms with Gasteiger partial charge in [0.05, 0.1) is 0 Å². The topological polar surface area (TPSA) is 9.23 Å². The highest BCUT2D eigenvalue weighted by atomic mass is 28.4. The molecule has 0 bridgehead atoms. The van der Waals surface area contributed by atoms with Crippen LogP contribution in [0.2, 0.25) is 16.1 Å². The third kappa shape index (κ3) is 5.91. The molecule has 0 saturated carbocycles. The van der Waals surface area contributed by atoms with Gasteiger partial charge in [0.25, 0.3) is 8.32 Å². The van der Waals surface area contributed by atoms with Gasteiger partial charge in [-0.05, 0) is 32.9 Å². The van der Waals surface area contributed by atoms with E-state index in [2.05, 4.69) is 163 Å². The fourth-order valence-electron chi connectivity index (χ4n) is 6.62. The van der Waals surface area contributed by atoms with Crippen LogP contribution in [0.5, 0.6) is 0 Å². The summed E-state index contributed by atoms with van der Waals surface area (Å²) in [5.41, 5.74) is 0. The molecule has 4 aromatic carbocycles. The Labute approximate surface area is 239 Å². The standard InChI is InChI=1S/C36H46OSi2/c1-35(2,3)38(31-21-11-7-12-22-31,32-23-13-8-14-24-32)30-20-19-29-37-39(36(4,5)6,33-25-15-9-16-26-33)34-27-17-10-18-28-34/h7-18,21-28H,19-20,29-30H2,1-6H3. The highest BCUT2D eigenvalue weighted by Gasteiger charge is 2.50. The lowest BCUT2D eigenvalue weighted by Gasteiger charge is -2.45. The Morgan fingerprint density at radius 2 is 0.821 bits per heavy atom. The van der Waals surface area contributed by atoms with Gasteiger partial charge < -0.3 is 4.43 Å². The second-order valence-electron chi connectivity index (χ2n) is 12.9. The monoisotopic (exact) mass is 550 g/mol. The lowest BCUT2D eigenvalue weighted by Crippen LogP contribution is -2.66. The van der Waals surface area contributed by atoms with Gasteiger partial charge in [-0.1, -0.05) is 180 Å². The van der Waals surface area contributed by atoms with Crippen LogP contribution in [0.3, 0.4) is 0 Å². The molecule has 0 aliphatic carbocycles. The van der Waals surface area contributed by atoms with Crippen molar-refractivity contribution >= 4 is 37.1 Å². The number of benzene rings is 4. The Hall–Kier alpha value is -2.73. The number of unbranched alkanes of at least 4 members (excludes halogenated alkanes) is 1. The molecular weight excluding hydrogens is 505 g/mol. The first-order valence-corrected chi connectivity index (χ1v) is 18.6. The van der Waals surface area contributed by atoms with Crippen molar-refractivity contribution in [3.63, 3.8) is 0 Å². The maximum atomic E-state index is 7.23. The Kier molecular flexibility index (Phi) is 9.15. The van der Waals surface area contributed by atoms with Gasteiger partial charge in [-0.2, -0.15) is 0 Å². The predicted molar refractivity (Wildman–Crippen MR) is 175 cm³/mol. The molecule has 3 heteroatoms. The summed E-state index contributed by atoms with van der Waals surface area (Å²) in [4.78, 5) is 0. The molecule has 0 atom stereocenters. The average molecular weight is 551 g/mol. The summed E-state index contributed by atoms with van der Waals surface area (Å²) in [6, 6.07) is 45.9. The fourth-order valence-corrected chi connectivity index (χ4v) is 16.9. The summed E-state index contributed by atoms with van der Waals surface area (Å²) in [6.45, 7) is 15.2. The minimum atomic E-state index is -2.50. The van der Waals surface area contributed by atoms with E-state index in [9.17, 15) is 0 Å². The largest absolute Gasteiger partial charge is 0.407 e. The first-order valence-electron chi connectivity index (χ1n) is 14.5. The Morgan fingerprint density at radius 1 is 0.462 bits per heavy atom. The normalized spacial score (nSPS) is 12.9. The van der Waals surface area contributed by atoms with Gasteiger partial charge in [0, 0.05) is 6.61 Å². The van der Waals surface area contributed by atoms with Crippen molar-refractivity contribution in [2.75, 3.05) is 6.61 Å². The second kappa shape index (κ2) is 12.2.